The molecule has 0 bridgehead atoms. The largest absolute Gasteiger partial charge is 0.357 e. The van der Waals surface area contributed by atoms with Crippen molar-refractivity contribution in [3.05, 3.63) is 47.3 Å². The number of aromatic nitrogens is 3. The second-order valence-corrected chi connectivity index (χ2v) is 8.48. The van der Waals surface area contributed by atoms with E-state index in [1.807, 2.05) is 12.1 Å². The molecule has 170 valence electrons. The molecule has 6 nitrogen and oxygen atoms in total. The van der Waals surface area contributed by atoms with Crippen molar-refractivity contribution in [3.8, 4) is 0 Å². The Morgan fingerprint density at radius 2 is 2.00 bits per heavy atom. The van der Waals surface area contributed by atoms with Gasteiger partial charge in [0.15, 0.2) is 5.96 Å². The Morgan fingerprint density at radius 1 is 1.16 bits per heavy atom. The highest BCUT2D eigenvalue weighted by Gasteiger charge is 2.45. The Morgan fingerprint density at radius 3 is 2.77 bits per heavy atom. The Labute approximate surface area is 201 Å². The molecular formula is C23H34FIN6. The van der Waals surface area contributed by atoms with Crippen LogP contribution in [0.1, 0.15) is 62.7 Å². The molecule has 1 aromatic heterocycles. The van der Waals surface area contributed by atoms with Gasteiger partial charge in [-0.25, -0.2) is 4.39 Å². The number of guanidine groups is 1. The highest BCUT2D eigenvalue weighted by molar-refractivity contribution is 14.0. The average molecular weight is 540 g/mol. The number of aliphatic imine (C=N–C) groups is 1. The third-order valence-corrected chi connectivity index (χ3v) is 6.24. The third kappa shape index (κ3) is 5.96. The average Bonchev–Trinajstić information content (AvgIpc) is 3.50. The quantitative estimate of drug-likeness (QED) is 0.230. The minimum absolute atomic E-state index is 0. The van der Waals surface area contributed by atoms with E-state index in [1.165, 1.54) is 19.3 Å². The molecule has 2 aliphatic rings. The maximum absolute atomic E-state index is 14.2. The zero-order chi connectivity index (χ0) is 20.8. The summed E-state index contributed by atoms with van der Waals surface area (Å²) in [5.41, 5.74) is 0.671. The summed E-state index contributed by atoms with van der Waals surface area (Å²) >= 11 is 0. The lowest BCUT2D eigenvalue weighted by Crippen LogP contribution is -2.38. The number of hydrogen-bond donors (Lipinski definition) is 2. The van der Waals surface area contributed by atoms with Crippen molar-refractivity contribution in [2.24, 2.45) is 4.99 Å². The molecule has 0 saturated heterocycles. The first-order valence-corrected chi connectivity index (χ1v) is 11.4. The number of nitrogens with zero attached hydrogens (tertiary/aromatic N) is 4. The summed E-state index contributed by atoms with van der Waals surface area (Å²) in [5.74, 6) is 2.94. The lowest BCUT2D eigenvalue weighted by atomic mass is 9.95. The normalized spacial score (nSPS) is 17.3. The summed E-state index contributed by atoms with van der Waals surface area (Å²) in [6, 6.07) is 7.11. The molecule has 0 radical (unpaired) electrons. The van der Waals surface area contributed by atoms with Crippen molar-refractivity contribution in [1.29, 1.82) is 0 Å². The van der Waals surface area contributed by atoms with Crippen LogP contribution in [0.2, 0.25) is 0 Å². The van der Waals surface area contributed by atoms with E-state index in [9.17, 15) is 4.39 Å². The fourth-order valence-corrected chi connectivity index (χ4v) is 4.31. The first-order chi connectivity index (χ1) is 14.7. The van der Waals surface area contributed by atoms with E-state index >= 15 is 0 Å². The van der Waals surface area contributed by atoms with Gasteiger partial charge in [-0.2, -0.15) is 0 Å². The number of fused-ring (bicyclic) bond motifs is 1. The molecular weight excluding hydrogens is 506 g/mol. The van der Waals surface area contributed by atoms with Crippen molar-refractivity contribution in [1.82, 2.24) is 25.4 Å². The van der Waals surface area contributed by atoms with Crippen LogP contribution in [0, 0.1) is 5.82 Å². The van der Waals surface area contributed by atoms with Crippen LogP contribution in [-0.4, -0.2) is 40.4 Å². The second-order valence-electron chi connectivity index (χ2n) is 8.48. The molecule has 0 spiro atoms. The van der Waals surface area contributed by atoms with Crippen LogP contribution < -0.4 is 10.6 Å². The second kappa shape index (κ2) is 11.2. The number of halogens is 2. The Hall–Kier alpha value is -1.71. The zero-order valence-corrected chi connectivity index (χ0v) is 20.7. The van der Waals surface area contributed by atoms with Gasteiger partial charge in [-0.05, 0) is 50.7 Å². The van der Waals surface area contributed by atoms with Crippen LogP contribution >= 0.6 is 24.0 Å². The third-order valence-electron chi connectivity index (χ3n) is 6.24. The Balaban J connectivity index is 0.00000272. The fourth-order valence-electron chi connectivity index (χ4n) is 4.31. The van der Waals surface area contributed by atoms with Crippen molar-refractivity contribution in [3.63, 3.8) is 0 Å². The van der Waals surface area contributed by atoms with Crippen molar-refractivity contribution in [2.45, 2.75) is 70.3 Å². The lowest BCUT2D eigenvalue weighted by Gasteiger charge is -2.16. The molecule has 0 unspecified atom stereocenters. The van der Waals surface area contributed by atoms with E-state index < -0.39 is 0 Å². The monoisotopic (exact) mass is 540 g/mol. The predicted molar refractivity (Wildman–Crippen MR) is 133 cm³/mol. The number of aryl methyl sites for hydroxylation is 2. The SMILES string of the molecule is CCNC(=NCC1(c2ccccc2F)CC1)NCCCc1nnc2n1CCCCC2.I. The van der Waals surface area contributed by atoms with Gasteiger partial charge in [0.1, 0.15) is 17.5 Å². The minimum Gasteiger partial charge on any atom is -0.357 e. The summed E-state index contributed by atoms with van der Waals surface area (Å²) in [6.45, 7) is 5.34. The molecule has 31 heavy (non-hydrogen) atoms. The summed E-state index contributed by atoms with van der Waals surface area (Å²) < 4.78 is 16.6. The van der Waals surface area contributed by atoms with Gasteiger partial charge >= 0.3 is 0 Å². The number of nitrogens with one attached hydrogen (secondary N) is 2. The molecule has 2 heterocycles. The van der Waals surface area contributed by atoms with E-state index in [-0.39, 0.29) is 35.2 Å². The van der Waals surface area contributed by atoms with Gasteiger partial charge < -0.3 is 15.2 Å². The van der Waals surface area contributed by atoms with Crippen molar-refractivity contribution in [2.75, 3.05) is 19.6 Å². The molecule has 1 aliphatic carbocycles. The van der Waals surface area contributed by atoms with Crippen LogP contribution in [0.3, 0.4) is 0 Å². The maximum Gasteiger partial charge on any atom is 0.191 e. The summed E-state index contributed by atoms with van der Waals surface area (Å²) in [5, 5.41) is 15.5. The van der Waals surface area contributed by atoms with Gasteiger partial charge in [0.2, 0.25) is 0 Å². The number of benzene rings is 1. The van der Waals surface area contributed by atoms with E-state index in [1.54, 1.807) is 12.1 Å². The molecule has 1 aliphatic heterocycles. The molecule has 1 aromatic carbocycles. The van der Waals surface area contributed by atoms with E-state index in [2.05, 4.69) is 32.3 Å². The van der Waals surface area contributed by atoms with Crippen LogP contribution in [0.5, 0.6) is 0 Å². The van der Waals surface area contributed by atoms with E-state index in [0.717, 1.165) is 74.9 Å². The summed E-state index contributed by atoms with van der Waals surface area (Å²) in [7, 11) is 0. The van der Waals surface area contributed by atoms with Crippen LogP contribution in [0.15, 0.2) is 29.3 Å². The maximum atomic E-state index is 14.2. The topological polar surface area (TPSA) is 67.1 Å². The standard InChI is InChI=1S/C23H33FN6.HI/c1-2-25-22(27-17-23(13-14-23)18-9-5-6-10-19(18)24)26-15-8-12-21-29-28-20-11-4-3-7-16-30(20)21;/h5-6,9-10H,2-4,7-8,11-17H2,1H3,(H2,25,26,27);1H. The van der Waals surface area contributed by atoms with Gasteiger partial charge in [0.25, 0.3) is 0 Å². The highest BCUT2D eigenvalue weighted by Crippen LogP contribution is 2.49. The molecule has 0 amide bonds. The molecule has 4 rings (SSSR count). The van der Waals surface area contributed by atoms with Crippen LogP contribution in [-0.2, 0) is 24.8 Å². The lowest BCUT2D eigenvalue weighted by molar-refractivity contribution is 0.571. The van der Waals surface area contributed by atoms with Gasteiger partial charge in [0, 0.05) is 37.9 Å². The predicted octanol–water partition coefficient (Wildman–Crippen LogP) is 3.98. The first-order valence-electron chi connectivity index (χ1n) is 11.4. The van der Waals surface area contributed by atoms with E-state index in [4.69, 9.17) is 4.99 Å². The van der Waals surface area contributed by atoms with Crippen molar-refractivity contribution >= 4 is 29.9 Å². The molecule has 2 N–H and O–H groups in total. The fraction of sp³-hybridized carbons (Fsp3) is 0.609. The number of rotatable bonds is 8. The highest BCUT2D eigenvalue weighted by atomic mass is 127. The molecule has 2 aromatic rings. The Kier molecular flexibility index (Phi) is 8.68. The summed E-state index contributed by atoms with van der Waals surface area (Å²) in [6.07, 6.45) is 8.64. The van der Waals surface area contributed by atoms with Crippen LogP contribution in [0.25, 0.3) is 0 Å². The molecule has 0 atom stereocenters. The smallest absolute Gasteiger partial charge is 0.191 e. The Bertz CT molecular complexity index is 877. The van der Waals surface area contributed by atoms with Crippen LogP contribution in [0.4, 0.5) is 4.39 Å². The summed E-state index contributed by atoms with van der Waals surface area (Å²) in [4.78, 5) is 4.78. The van der Waals surface area contributed by atoms with Gasteiger partial charge in [0.05, 0.1) is 6.54 Å². The molecule has 8 heteroatoms. The van der Waals surface area contributed by atoms with Gasteiger partial charge in [-0.3, -0.25) is 4.99 Å². The van der Waals surface area contributed by atoms with Gasteiger partial charge in [-0.15, -0.1) is 34.2 Å². The minimum atomic E-state index is -0.132. The molecule has 1 saturated carbocycles. The number of hydrogen-bond acceptors (Lipinski definition) is 3. The first kappa shape index (κ1) is 23.9. The van der Waals surface area contributed by atoms with Gasteiger partial charge in [-0.1, -0.05) is 24.6 Å². The molecule has 1 fully saturated rings. The zero-order valence-electron chi connectivity index (χ0n) is 18.4. The van der Waals surface area contributed by atoms with Crippen molar-refractivity contribution < 1.29 is 4.39 Å². The van der Waals surface area contributed by atoms with E-state index in [0.29, 0.717) is 6.54 Å².